The highest BCUT2D eigenvalue weighted by molar-refractivity contribution is 5.75. The Labute approximate surface area is 118 Å². The van der Waals surface area contributed by atoms with Crippen LogP contribution in [0.4, 0.5) is 0 Å². The summed E-state index contributed by atoms with van der Waals surface area (Å²) in [6.07, 6.45) is 5.01. The van der Waals surface area contributed by atoms with Crippen LogP contribution in [-0.2, 0) is 9.53 Å². The Balaban J connectivity index is 0.00000154. The van der Waals surface area contributed by atoms with Crippen LogP contribution >= 0.6 is 0 Å². The molecule has 1 N–H and O–H groups in total. The lowest BCUT2D eigenvalue weighted by Gasteiger charge is -2.22. The van der Waals surface area contributed by atoms with Crippen molar-refractivity contribution in [1.82, 2.24) is 4.90 Å². The molecule has 0 spiro atoms. The molecule has 1 heterocycles. The number of hydrogen-bond acceptors (Lipinski definition) is 4. The fraction of sp³-hybridized carbons (Fsp3) is 0.933. The number of aliphatic hydroxyl groups excluding tert-OH is 1. The Morgan fingerprint density at radius 1 is 1.32 bits per heavy atom. The van der Waals surface area contributed by atoms with Crippen LogP contribution in [0.3, 0.4) is 0 Å². The van der Waals surface area contributed by atoms with Crippen LogP contribution in [0.5, 0.6) is 0 Å². The van der Waals surface area contributed by atoms with E-state index in [1.807, 2.05) is 13.8 Å². The molecule has 0 unspecified atom stereocenters. The van der Waals surface area contributed by atoms with E-state index in [4.69, 9.17) is 9.84 Å². The minimum absolute atomic E-state index is 0.188. The summed E-state index contributed by atoms with van der Waals surface area (Å²) < 4.78 is 5.37. The van der Waals surface area contributed by atoms with Gasteiger partial charge in [-0.2, -0.15) is 0 Å². The van der Waals surface area contributed by atoms with E-state index < -0.39 is 0 Å². The zero-order valence-corrected chi connectivity index (χ0v) is 12.9. The monoisotopic (exact) mass is 273 g/mol. The largest absolute Gasteiger partial charge is 0.395 e. The first-order valence-electron chi connectivity index (χ1n) is 7.66. The molecule has 1 atom stereocenters. The molecule has 0 aromatic rings. The first-order valence-corrected chi connectivity index (χ1v) is 7.66. The third kappa shape index (κ3) is 9.14. The van der Waals surface area contributed by atoms with Gasteiger partial charge in [0.15, 0.2) is 0 Å². The van der Waals surface area contributed by atoms with E-state index in [9.17, 15) is 4.79 Å². The van der Waals surface area contributed by atoms with E-state index in [1.165, 1.54) is 6.42 Å². The highest BCUT2D eigenvalue weighted by atomic mass is 16.5. The third-order valence-corrected chi connectivity index (χ3v) is 3.29. The Morgan fingerprint density at radius 3 is 2.68 bits per heavy atom. The van der Waals surface area contributed by atoms with Crippen molar-refractivity contribution in [2.24, 2.45) is 0 Å². The van der Waals surface area contributed by atoms with Crippen LogP contribution in [0.15, 0.2) is 0 Å². The van der Waals surface area contributed by atoms with Crippen LogP contribution in [0.25, 0.3) is 0 Å². The van der Waals surface area contributed by atoms with Crippen molar-refractivity contribution in [2.45, 2.75) is 58.9 Å². The van der Waals surface area contributed by atoms with Gasteiger partial charge in [0, 0.05) is 19.1 Å². The molecule has 1 saturated heterocycles. The van der Waals surface area contributed by atoms with Crippen molar-refractivity contribution in [3.63, 3.8) is 0 Å². The minimum atomic E-state index is 0.188. The number of unbranched alkanes of at least 4 members (excludes halogenated alkanes) is 1. The number of Topliss-reactive ketones (excluding diaryl/α,β-unsaturated/α-hetero) is 1. The summed E-state index contributed by atoms with van der Waals surface area (Å²) in [5.41, 5.74) is 0. The fourth-order valence-corrected chi connectivity index (χ4v) is 2.23. The van der Waals surface area contributed by atoms with Crippen molar-refractivity contribution in [3.05, 3.63) is 0 Å². The Morgan fingerprint density at radius 2 is 2.05 bits per heavy atom. The number of carbonyl (C=O) groups excluding carboxylic acids is 1. The maximum atomic E-state index is 10.7. The number of hydrogen-bond donors (Lipinski definition) is 1. The van der Waals surface area contributed by atoms with Gasteiger partial charge in [-0.3, -0.25) is 9.69 Å². The van der Waals surface area contributed by atoms with Gasteiger partial charge < -0.3 is 9.84 Å². The molecule has 1 fully saturated rings. The molecule has 1 rings (SSSR count). The average molecular weight is 273 g/mol. The molecule has 114 valence electrons. The number of nitrogens with zero attached hydrogens (tertiary/aromatic N) is 1. The van der Waals surface area contributed by atoms with Crippen molar-refractivity contribution in [2.75, 3.05) is 32.9 Å². The molecule has 0 amide bonds. The molecule has 19 heavy (non-hydrogen) atoms. The zero-order valence-electron chi connectivity index (χ0n) is 12.9. The highest BCUT2D eigenvalue weighted by Crippen LogP contribution is 2.16. The number of rotatable bonds is 9. The van der Waals surface area contributed by atoms with E-state index >= 15 is 0 Å². The average Bonchev–Trinajstić information content (AvgIpc) is 2.87. The second-order valence-electron chi connectivity index (χ2n) is 4.79. The molecule has 0 aromatic heterocycles. The lowest BCUT2D eigenvalue weighted by atomic mass is 10.2. The van der Waals surface area contributed by atoms with Crippen LogP contribution in [-0.4, -0.2) is 54.7 Å². The Hall–Kier alpha value is -0.450. The van der Waals surface area contributed by atoms with Crippen LogP contribution < -0.4 is 0 Å². The fourth-order valence-electron chi connectivity index (χ4n) is 2.23. The molecule has 4 nitrogen and oxygen atoms in total. The number of likely N-dealkylation sites (tertiary alicyclic amines) is 1. The summed E-state index contributed by atoms with van der Waals surface area (Å²) in [5, 5.41) is 9.16. The van der Waals surface area contributed by atoms with Gasteiger partial charge in [-0.15, -0.1) is 0 Å². The SMILES string of the molecule is CC.CC(=O)CCOCCCCN1CCC[C@H]1CO. The van der Waals surface area contributed by atoms with Crippen molar-refractivity contribution in [3.8, 4) is 0 Å². The molecule has 1 aliphatic rings. The topological polar surface area (TPSA) is 49.8 Å². The molecule has 0 radical (unpaired) electrons. The van der Waals surface area contributed by atoms with Crippen LogP contribution in [0.2, 0.25) is 0 Å². The number of carbonyl (C=O) groups is 1. The summed E-state index contributed by atoms with van der Waals surface area (Å²) in [7, 11) is 0. The normalized spacial score (nSPS) is 19.1. The van der Waals surface area contributed by atoms with Gasteiger partial charge in [0.25, 0.3) is 0 Å². The predicted molar refractivity (Wildman–Crippen MR) is 78.4 cm³/mol. The van der Waals surface area contributed by atoms with E-state index in [0.717, 1.165) is 39.0 Å². The highest BCUT2D eigenvalue weighted by Gasteiger charge is 2.22. The van der Waals surface area contributed by atoms with Gasteiger partial charge in [0.1, 0.15) is 5.78 Å². The first kappa shape index (κ1) is 18.6. The molecule has 0 saturated carbocycles. The summed E-state index contributed by atoms with van der Waals surface area (Å²) >= 11 is 0. The molecule has 1 aliphatic heterocycles. The van der Waals surface area contributed by atoms with Gasteiger partial charge >= 0.3 is 0 Å². The van der Waals surface area contributed by atoms with E-state index in [2.05, 4.69) is 4.90 Å². The molecular formula is C15H31NO3. The number of ketones is 1. The second-order valence-corrected chi connectivity index (χ2v) is 4.79. The van der Waals surface area contributed by atoms with Gasteiger partial charge in [-0.1, -0.05) is 13.8 Å². The quantitative estimate of drug-likeness (QED) is 0.655. The maximum absolute atomic E-state index is 10.7. The van der Waals surface area contributed by atoms with E-state index in [-0.39, 0.29) is 12.4 Å². The predicted octanol–water partition coefficient (Wildman–Crippen LogP) is 2.25. The molecule has 4 heteroatoms. The van der Waals surface area contributed by atoms with Gasteiger partial charge in [0.05, 0.1) is 13.2 Å². The lowest BCUT2D eigenvalue weighted by molar-refractivity contribution is -0.118. The van der Waals surface area contributed by atoms with E-state index in [0.29, 0.717) is 19.1 Å². The lowest BCUT2D eigenvalue weighted by Crippen LogP contribution is -2.33. The summed E-state index contributed by atoms with van der Waals surface area (Å²) in [5.74, 6) is 0.188. The molecule has 0 aliphatic carbocycles. The maximum Gasteiger partial charge on any atom is 0.132 e. The van der Waals surface area contributed by atoms with Crippen LogP contribution in [0.1, 0.15) is 52.9 Å². The smallest absolute Gasteiger partial charge is 0.132 e. The first-order chi connectivity index (χ1) is 9.24. The van der Waals surface area contributed by atoms with E-state index in [1.54, 1.807) is 6.92 Å². The summed E-state index contributed by atoms with van der Waals surface area (Å²) in [6, 6.07) is 0.383. The molecule has 0 aromatic carbocycles. The number of ether oxygens (including phenoxy) is 1. The van der Waals surface area contributed by atoms with Gasteiger partial charge in [-0.05, 0) is 45.7 Å². The molecule has 0 bridgehead atoms. The Bertz CT molecular complexity index is 221. The van der Waals surface area contributed by atoms with Crippen molar-refractivity contribution >= 4 is 5.78 Å². The zero-order chi connectivity index (χ0) is 14.5. The van der Waals surface area contributed by atoms with Crippen molar-refractivity contribution in [1.29, 1.82) is 0 Å². The summed E-state index contributed by atoms with van der Waals surface area (Å²) in [4.78, 5) is 13.0. The van der Waals surface area contributed by atoms with Gasteiger partial charge in [-0.25, -0.2) is 0 Å². The Kier molecular flexibility index (Phi) is 12.3. The minimum Gasteiger partial charge on any atom is -0.395 e. The summed E-state index contributed by atoms with van der Waals surface area (Å²) in [6.45, 7) is 9.35. The standard InChI is InChI=1S/C13H25NO3.C2H6/c1-12(16)6-10-17-9-3-2-7-14-8-4-5-13(14)11-15;1-2/h13,15H,2-11H2,1H3;1-2H3/t13-;/m0./s1. The van der Waals surface area contributed by atoms with Crippen molar-refractivity contribution < 1.29 is 14.6 Å². The third-order valence-electron chi connectivity index (χ3n) is 3.29. The van der Waals surface area contributed by atoms with Gasteiger partial charge in [0.2, 0.25) is 0 Å². The van der Waals surface area contributed by atoms with Crippen LogP contribution in [0, 0.1) is 0 Å². The number of aliphatic hydroxyl groups is 1. The second kappa shape index (κ2) is 12.6. The molecular weight excluding hydrogens is 242 g/mol.